The molecule has 3 aromatic carbocycles. The predicted molar refractivity (Wildman–Crippen MR) is 146 cm³/mol. The molecule has 0 bridgehead atoms. The number of nitrogens with one attached hydrogen (secondary N) is 1. The average Bonchev–Trinajstić information content (AvgIpc) is 3.36. The summed E-state index contributed by atoms with van der Waals surface area (Å²) in [6, 6.07) is 23.3. The van der Waals surface area contributed by atoms with Gasteiger partial charge in [-0.3, -0.25) is 14.4 Å². The predicted octanol–water partition coefficient (Wildman–Crippen LogP) is 5.67. The highest BCUT2D eigenvalue weighted by molar-refractivity contribution is 6.17. The summed E-state index contributed by atoms with van der Waals surface area (Å²) in [5, 5.41) is 3.08. The number of amides is 1. The molecule has 0 saturated carbocycles. The molecule has 3 aromatic rings. The van der Waals surface area contributed by atoms with Gasteiger partial charge in [-0.2, -0.15) is 0 Å². The third kappa shape index (κ3) is 3.13. The number of benzene rings is 3. The molecule has 0 radical (unpaired) electrons. The smallest absolute Gasteiger partial charge is 0.238 e. The van der Waals surface area contributed by atoms with Crippen molar-refractivity contribution in [2.45, 2.75) is 45.2 Å². The number of allylic oxidation sites excluding steroid dienone is 1. The Balaban J connectivity index is 1.71. The van der Waals surface area contributed by atoms with Gasteiger partial charge in [0.05, 0.1) is 12.0 Å². The van der Waals surface area contributed by atoms with E-state index in [2.05, 4.69) is 16.3 Å². The highest BCUT2D eigenvalue weighted by atomic mass is 16.2. The van der Waals surface area contributed by atoms with Crippen LogP contribution in [0.25, 0.3) is 5.57 Å². The summed E-state index contributed by atoms with van der Waals surface area (Å²) < 4.78 is 0. The van der Waals surface area contributed by atoms with Crippen LogP contribution >= 0.6 is 0 Å². The Morgan fingerprint density at radius 1 is 0.892 bits per heavy atom. The number of anilines is 2. The van der Waals surface area contributed by atoms with Gasteiger partial charge >= 0.3 is 0 Å². The van der Waals surface area contributed by atoms with E-state index in [0.29, 0.717) is 11.3 Å². The Morgan fingerprint density at radius 2 is 1.54 bits per heavy atom. The van der Waals surface area contributed by atoms with E-state index in [1.54, 1.807) is 12.1 Å². The van der Waals surface area contributed by atoms with Crippen LogP contribution in [0.5, 0.6) is 0 Å². The number of hydrogen-bond donors (Lipinski definition) is 1. The number of carbonyl (C=O) groups is 3. The maximum Gasteiger partial charge on any atom is 0.238 e. The molecule has 186 valence electrons. The molecular formula is C32H30N2O3. The van der Waals surface area contributed by atoms with Gasteiger partial charge in [0.2, 0.25) is 5.91 Å². The maximum atomic E-state index is 14.6. The molecule has 3 aliphatic heterocycles. The second-order valence-electron chi connectivity index (χ2n) is 11.4. The second kappa shape index (κ2) is 8.01. The van der Waals surface area contributed by atoms with Crippen molar-refractivity contribution in [3.63, 3.8) is 0 Å². The Morgan fingerprint density at radius 3 is 2.27 bits per heavy atom. The van der Waals surface area contributed by atoms with Gasteiger partial charge in [0.1, 0.15) is 11.5 Å². The molecule has 1 fully saturated rings. The van der Waals surface area contributed by atoms with Gasteiger partial charge in [0.25, 0.3) is 0 Å². The highest BCUT2D eigenvalue weighted by Crippen LogP contribution is 2.59. The molecule has 5 nitrogen and oxygen atoms in total. The van der Waals surface area contributed by atoms with Crippen LogP contribution in [-0.2, 0) is 15.0 Å². The lowest BCUT2D eigenvalue weighted by Crippen LogP contribution is -2.51. The fourth-order valence-electron chi connectivity index (χ4n) is 6.61. The summed E-state index contributed by atoms with van der Waals surface area (Å²) in [4.78, 5) is 45.3. The standard InChI is InChI=1S/C32H30N2O3/c1-19-18-25-32(22-15-9-10-16-23(22)33-30(32)37)26(28(35)20-12-6-5-7-13-20)27(29(36)31(2,3)4)34(25)24-17-11-8-14-21(19)24/h5-18,25-27H,1-4H3,(H,33,37)/t25-,26+,27-,32-/m0/s1. The quantitative estimate of drug-likeness (QED) is 0.481. The first-order chi connectivity index (χ1) is 17.7. The number of carbonyl (C=O) groups excluding carboxylic acids is 3. The number of nitrogens with zero attached hydrogens (tertiary/aromatic N) is 1. The molecule has 0 unspecified atom stereocenters. The van der Waals surface area contributed by atoms with Crippen molar-refractivity contribution < 1.29 is 14.4 Å². The lowest BCUT2D eigenvalue weighted by Gasteiger charge is -2.39. The van der Waals surface area contributed by atoms with Crippen molar-refractivity contribution in [3.8, 4) is 0 Å². The fraction of sp³-hybridized carbons (Fsp3) is 0.281. The van der Waals surface area contributed by atoms with Crippen LogP contribution in [-0.4, -0.2) is 29.6 Å². The van der Waals surface area contributed by atoms with Gasteiger partial charge in [0.15, 0.2) is 11.6 Å². The number of Topliss-reactive ketones (excluding diaryl/α,β-unsaturated/α-hetero) is 2. The lowest BCUT2D eigenvalue weighted by molar-refractivity contribution is -0.128. The van der Waals surface area contributed by atoms with E-state index in [0.717, 1.165) is 22.4 Å². The van der Waals surface area contributed by atoms with E-state index in [-0.39, 0.29) is 17.5 Å². The van der Waals surface area contributed by atoms with Crippen molar-refractivity contribution in [2.24, 2.45) is 11.3 Å². The van der Waals surface area contributed by atoms with Gasteiger partial charge in [-0.25, -0.2) is 0 Å². The molecule has 1 spiro atoms. The minimum atomic E-state index is -1.26. The molecule has 3 heterocycles. The van der Waals surface area contributed by atoms with Gasteiger partial charge < -0.3 is 10.2 Å². The van der Waals surface area contributed by atoms with Crippen molar-refractivity contribution in [2.75, 3.05) is 10.2 Å². The summed E-state index contributed by atoms with van der Waals surface area (Å²) in [7, 11) is 0. The summed E-state index contributed by atoms with van der Waals surface area (Å²) in [5.41, 5.74) is 2.92. The van der Waals surface area contributed by atoms with E-state index >= 15 is 0 Å². The van der Waals surface area contributed by atoms with Crippen molar-refractivity contribution in [3.05, 3.63) is 102 Å². The van der Waals surface area contributed by atoms with Crippen LogP contribution in [0, 0.1) is 11.3 Å². The molecule has 1 N–H and O–H groups in total. The van der Waals surface area contributed by atoms with Crippen LogP contribution in [0.2, 0.25) is 0 Å². The molecule has 1 saturated heterocycles. The van der Waals surface area contributed by atoms with E-state index < -0.39 is 28.8 Å². The third-order valence-corrected chi connectivity index (χ3v) is 8.23. The van der Waals surface area contributed by atoms with E-state index in [1.807, 2.05) is 94.4 Å². The zero-order chi connectivity index (χ0) is 26.1. The van der Waals surface area contributed by atoms with Gasteiger partial charge in [-0.05, 0) is 30.2 Å². The first-order valence-electron chi connectivity index (χ1n) is 12.8. The molecule has 6 rings (SSSR count). The Kier molecular flexibility index (Phi) is 5.07. The number of ketones is 2. The second-order valence-corrected chi connectivity index (χ2v) is 11.4. The number of hydrogen-bond acceptors (Lipinski definition) is 4. The van der Waals surface area contributed by atoms with Gasteiger partial charge in [-0.15, -0.1) is 0 Å². The molecule has 0 aliphatic carbocycles. The minimum absolute atomic E-state index is 0.0522. The van der Waals surface area contributed by atoms with Crippen LogP contribution in [0.15, 0.2) is 84.9 Å². The Labute approximate surface area is 217 Å². The van der Waals surface area contributed by atoms with Crippen LogP contribution < -0.4 is 10.2 Å². The average molecular weight is 491 g/mol. The van der Waals surface area contributed by atoms with Crippen molar-refractivity contribution in [1.82, 2.24) is 0 Å². The normalized spacial score (nSPS) is 25.7. The largest absolute Gasteiger partial charge is 0.352 e. The Bertz CT molecular complexity index is 1480. The molecule has 1 amide bonds. The zero-order valence-electron chi connectivity index (χ0n) is 21.5. The zero-order valence-corrected chi connectivity index (χ0v) is 21.5. The fourth-order valence-corrected chi connectivity index (χ4v) is 6.61. The Hall–Kier alpha value is -3.99. The molecule has 3 aliphatic rings. The van der Waals surface area contributed by atoms with Crippen LogP contribution in [0.3, 0.4) is 0 Å². The summed E-state index contributed by atoms with van der Waals surface area (Å²) in [6.07, 6.45) is 2.09. The SMILES string of the molecule is CC1=C[C@@H]2N(c3ccccc31)[C@H](C(=O)C(C)(C)C)[C@H](C(=O)c1ccccc1)[C@@]21C(=O)Nc2ccccc21. The molecule has 37 heavy (non-hydrogen) atoms. The summed E-state index contributed by atoms with van der Waals surface area (Å²) in [6.45, 7) is 7.70. The lowest BCUT2D eigenvalue weighted by atomic mass is 9.63. The molecule has 5 heteroatoms. The van der Waals surface area contributed by atoms with Crippen LogP contribution in [0.1, 0.15) is 49.2 Å². The molecular weight excluding hydrogens is 460 g/mol. The van der Waals surface area contributed by atoms with E-state index in [9.17, 15) is 14.4 Å². The van der Waals surface area contributed by atoms with Crippen LogP contribution in [0.4, 0.5) is 11.4 Å². The van der Waals surface area contributed by atoms with Gasteiger partial charge in [0, 0.05) is 27.9 Å². The first kappa shape index (κ1) is 23.4. The first-order valence-corrected chi connectivity index (χ1v) is 12.8. The molecule has 0 aromatic heterocycles. The number of fused-ring (bicyclic) bond motifs is 6. The van der Waals surface area contributed by atoms with Crippen molar-refractivity contribution >= 4 is 34.4 Å². The maximum absolute atomic E-state index is 14.6. The monoisotopic (exact) mass is 490 g/mol. The minimum Gasteiger partial charge on any atom is -0.352 e. The van der Waals surface area contributed by atoms with Gasteiger partial charge in [-0.1, -0.05) is 93.6 Å². The summed E-state index contributed by atoms with van der Waals surface area (Å²) in [5.74, 6) is -1.38. The number of rotatable bonds is 3. The van der Waals surface area contributed by atoms with Crippen molar-refractivity contribution in [1.29, 1.82) is 0 Å². The third-order valence-electron chi connectivity index (χ3n) is 8.23. The van der Waals surface area contributed by atoms with E-state index in [1.165, 1.54) is 0 Å². The van der Waals surface area contributed by atoms with E-state index in [4.69, 9.17) is 0 Å². The molecule has 4 atom stereocenters. The number of para-hydroxylation sites is 2. The highest BCUT2D eigenvalue weighted by Gasteiger charge is 2.71. The summed E-state index contributed by atoms with van der Waals surface area (Å²) >= 11 is 0. The topological polar surface area (TPSA) is 66.5 Å².